The van der Waals surface area contributed by atoms with Gasteiger partial charge in [-0.05, 0) is 56.2 Å². The summed E-state index contributed by atoms with van der Waals surface area (Å²) in [4.78, 5) is 0. The maximum atomic E-state index is 5.80. The molecule has 0 aromatic heterocycles. The standard InChI is InChI=1S/C20H27NO3/c1-4-22-10-11-24-19-7-5-6-18(15-19)21-8-9-23-20-13-16(2)12-17(3)14-20/h5-7,12-15,21H,4,8-11H2,1-3H3. The van der Waals surface area contributed by atoms with E-state index in [1.165, 1.54) is 11.1 Å². The molecule has 0 aliphatic rings. The second-order valence-electron chi connectivity index (χ2n) is 5.67. The zero-order valence-electron chi connectivity index (χ0n) is 14.8. The van der Waals surface area contributed by atoms with Crippen LogP contribution in [0.5, 0.6) is 11.5 Å². The van der Waals surface area contributed by atoms with Crippen LogP contribution in [0.2, 0.25) is 0 Å². The third kappa shape index (κ3) is 6.50. The minimum Gasteiger partial charge on any atom is -0.492 e. The first-order valence-electron chi connectivity index (χ1n) is 8.43. The number of nitrogens with one attached hydrogen (secondary N) is 1. The Kier molecular flexibility index (Phi) is 7.43. The van der Waals surface area contributed by atoms with Crippen molar-refractivity contribution in [2.75, 3.05) is 38.3 Å². The fourth-order valence-corrected chi connectivity index (χ4v) is 2.44. The highest BCUT2D eigenvalue weighted by Gasteiger charge is 1.99. The summed E-state index contributed by atoms with van der Waals surface area (Å²) in [6.45, 7) is 9.36. The van der Waals surface area contributed by atoms with E-state index in [2.05, 4.69) is 37.4 Å². The van der Waals surface area contributed by atoms with Crippen molar-refractivity contribution in [3.8, 4) is 11.5 Å². The molecule has 0 spiro atoms. The minimum atomic E-state index is 0.563. The smallest absolute Gasteiger partial charge is 0.121 e. The van der Waals surface area contributed by atoms with Crippen LogP contribution in [0.25, 0.3) is 0 Å². The van der Waals surface area contributed by atoms with Crippen LogP contribution in [0.3, 0.4) is 0 Å². The molecule has 0 amide bonds. The first-order chi connectivity index (χ1) is 11.7. The van der Waals surface area contributed by atoms with Crippen LogP contribution in [0.15, 0.2) is 42.5 Å². The largest absolute Gasteiger partial charge is 0.492 e. The van der Waals surface area contributed by atoms with E-state index in [1.807, 2.05) is 31.2 Å². The van der Waals surface area contributed by atoms with E-state index in [0.29, 0.717) is 26.4 Å². The van der Waals surface area contributed by atoms with Gasteiger partial charge in [-0.2, -0.15) is 0 Å². The van der Waals surface area contributed by atoms with Gasteiger partial charge in [-0.15, -0.1) is 0 Å². The molecule has 0 saturated heterocycles. The molecular formula is C20H27NO3. The highest BCUT2D eigenvalue weighted by Crippen LogP contribution is 2.18. The summed E-state index contributed by atoms with van der Waals surface area (Å²) >= 11 is 0. The zero-order chi connectivity index (χ0) is 17.2. The van der Waals surface area contributed by atoms with Gasteiger partial charge in [-0.1, -0.05) is 12.1 Å². The average Bonchev–Trinajstić information content (AvgIpc) is 2.55. The summed E-state index contributed by atoms with van der Waals surface area (Å²) in [5.41, 5.74) is 3.46. The van der Waals surface area contributed by atoms with E-state index in [0.717, 1.165) is 23.7 Å². The van der Waals surface area contributed by atoms with Crippen molar-refractivity contribution in [1.82, 2.24) is 0 Å². The summed E-state index contributed by atoms with van der Waals surface area (Å²) in [6.07, 6.45) is 0. The average molecular weight is 329 g/mol. The summed E-state index contributed by atoms with van der Waals surface area (Å²) in [6, 6.07) is 14.2. The molecule has 130 valence electrons. The fourth-order valence-electron chi connectivity index (χ4n) is 2.44. The van der Waals surface area contributed by atoms with Crippen molar-refractivity contribution in [1.29, 1.82) is 0 Å². The number of rotatable bonds is 10. The molecule has 24 heavy (non-hydrogen) atoms. The number of hydrogen-bond acceptors (Lipinski definition) is 4. The molecule has 0 aliphatic heterocycles. The normalized spacial score (nSPS) is 10.5. The first-order valence-corrected chi connectivity index (χ1v) is 8.43. The molecule has 0 radical (unpaired) electrons. The monoisotopic (exact) mass is 329 g/mol. The molecule has 0 aliphatic carbocycles. The van der Waals surface area contributed by atoms with E-state index in [9.17, 15) is 0 Å². The SMILES string of the molecule is CCOCCOc1cccc(NCCOc2cc(C)cc(C)c2)c1. The topological polar surface area (TPSA) is 39.7 Å². The van der Waals surface area contributed by atoms with Crippen LogP contribution in [-0.2, 0) is 4.74 Å². The Hall–Kier alpha value is -2.20. The molecule has 4 heteroatoms. The van der Waals surface area contributed by atoms with Crippen molar-refractivity contribution in [3.05, 3.63) is 53.6 Å². The van der Waals surface area contributed by atoms with Crippen LogP contribution in [0.4, 0.5) is 5.69 Å². The van der Waals surface area contributed by atoms with Crippen molar-refractivity contribution < 1.29 is 14.2 Å². The van der Waals surface area contributed by atoms with Gasteiger partial charge >= 0.3 is 0 Å². The highest BCUT2D eigenvalue weighted by atomic mass is 16.5. The lowest BCUT2D eigenvalue weighted by Crippen LogP contribution is -2.12. The fraction of sp³-hybridized carbons (Fsp3) is 0.400. The summed E-state index contributed by atoms with van der Waals surface area (Å²) in [5.74, 6) is 1.76. The van der Waals surface area contributed by atoms with Gasteiger partial charge in [0.25, 0.3) is 0 Å². The van der Waals surface area contributed by atoms with Crippen molar-refractivity contribution >= 4 is 5.69 Å². The Labute approximate surface area is 144 Å². The Balaban J connectivity index is 1.73. The molecule has 0 fully saturated rings. The third-order valence-electron chi connectivity index (χ3n) is 3.43. The quantitative estimate of drug-likeness (QED) is 0.663. The Morgan fingerprint density at radius 2 is 1.58 bits per heavy atom. The van der Waals surface area contributed by atoms with Crippen LogP contribution in [0, 0.1) is 13.8 Å². The molecule has 4 nitrogen and oxygen atoms in total. The molecule has 1 N–H and O–H groups in total. The summed E-state index contributed by atoms with van der Waals surface area (Å²) in [7, 11) is 0. The van der Waals surface area contributed by atoms with Crippen LogP contribution in [-0.4, -0.2) is 33.0 Å². The van der Waals surface area contributed by atoms with Gasteiger partial charge in [0.15, 0.2) is 0 Å². The van der Waals surface area contributed by atoms with Gasteiger partial charge in [-0.3, -0.25) is 0 Å². The molecule has 2 aromatic carbocycles. The Morgan fingerprint density at radius 1 is 0.833 bits per heavy atom. The Bertz CT molecular complexity index is 608. The van der Waals surface area contributed by atoms with Gasteiger partial charge in [0.1, 0.15) is 24.7 Å². The van der Waals surface area contributed by atoms with Crippen LogP contribution in [0.1, 0.15) is 18.1 Å². The molecule has 0 atom stereocenters. The second kappa shape index (κ2) is 9.83. The van der Waals surface area contributed by atoms with Gasteiger partial charge in [0.2, 0.25) is 0 Å². The van der Waals surface area contributed by atoms with E-state index < -0.39 is 0 Å². The lowest BCUT2D eigenvalue weighted by atomic mass is 10.1. The minimum absolute atomic E-state index is 0.563. The molecule has 0 heterocycles. The lowest BCUT2D eigenvalue weighted by molar-refractivity contribution is 0.110. The summed E-state index contributed by atoms with van der Waals surface area (Å²) in [5, 5.41) is 3.35. The number of aryl methyl sites for hydroxylation is 2. The summed E-state index contributed by atoms with van der Waals surface area (Å²) < 4.78 is 16.7. The van der Waals surface area contributed by atoms with Crippen LogP contribution < -0.4 is 14.8 Å². The first kappa shape index (κ1) is 18.1. The van der Waals surface area contributed by atoms with Crippen LogP contribution >= 0.6 is 0 Å². The van der Waals surface area contributed by atoms with Gasteiger partial charge in [0, 0.05) is 24.9 Å². The third-order valence-corrected chi connectivity index (χ3v) is 3.43. The molecular weight excluding hydrogens is 302 g/mol. The predicted octanol–water partition coefficient (Wildman–Crippen LogP) is 4.21. The maximum absolute atomic E-state index is 5.80. The molecule has 2 rings (SSSR count). The maximum Gasteiger partial charge on any atom is 0.121 e. The molecule has 0 bridgehead atoms. The number of hydrogen-bond donors (Lipinski definition) is 1. The van der Waals surface area contributed by atoms with E-state index >= 15 is 0 Å². The molecule has 0 unspecified atom stereocenters. The van der Waals surface area contributed by atoms with Gasteiger partial charge < -0.3 is 19.5 Å². The van der Waals surface area contributed by atoms with Crippen molar-refractivity contribution in [2.24, 2.45) is 0 Å². The number of ether oxygens (including phenoxy) is 3. The van der Waals surface area contributed by atoms with E-state index in [4.69, 9.17) is 14.2 Å². The van der Waals surface area contributed by atoms with Gasteiger partial charge in [-0.25, -0.2) is 0 Å². The number of anilines is 1. The molecule has 2 aromatic rings. The lowest BCUT2D eigenvalue weighted by Gasteiger charge is -2.11. The van der Waals surface area contributed by atoms with E-state index in [-0.39, 0.29) is 0 Å². The highest BCUT2D eigenvalue weighted by molar-refractivity contribution is 5.48. The van der Waals surface area contributed by atoms with E-state index in [1.54, 1.807) is 0 Å². The zero-order valence-corrected chi connectivity index (χ0v) is 14.8. The van der Waals surface area contributed by atoms with Crippen molar-refractivity contribution in [2.45, 2.75) is 20.8 Å². The van der Waals surface area contributed by atoms with Crippen molar-refractivity contribution in [3.63, 3.8) is 0 Å². The molecule has 0 saturated carbocycles. The Morgan fingerprint density at radius 3 is 2.33 bits per heavy atom. The second-order valence-corrected chi connectivity index (χ2v) is 5.67. The van der Waals surface area contributed by atoms with Gasteiger partial charge in [0.05, 0.1) is 6.61 Å². The number of benzene rings is 2. The predicted molar refractivity (Wildman–Crippen MR) is 98.3 cm³/mol.